The van der Waals surface area contributed by atoms with Gasteiger partial charge in [-0.1, -0.05) is 30.3 Å². The molecule has 3 heterocycles. The van der Waals surface area contributed by atoms with Gasteiger partial charge in [0, 0.05) is 17.0 Å². The predicted molar refractivity (Wildman–Crippen MR) is 143 cm³/mol. The maximum Gasteiger partial charge on any atom is 0.191 e. The number of ketones is 1. The molecule has 2 aliphatic rings. The van der Waals surface area contributed by atoms with Gasteiger partial charge in [0.2, 0.25) is 0 Å². The number of Topliss-reactive ketones (excluding diaryl/α,β-unsaturated/α-hetero) is 1. The molecule has 0 aliphatic carbocycles. The highest BCUT2D eigenvalue weighted by atomic mass is 32.2. The molecule has 3 aromatic rings. The summed E-state index contributed by atoms with van der Waals surface area (Å²) in [6.07, 6.45) is 3.18. The number of thiophene rings is 1. The Hall–Kier alpha value is -2.39. The van der Waals surface area contributed by atoms with Crippen LogP contribution in [0.3, 0.4) is 0 Å². The first-order chi connectivity index (χ1) is 17.9. The Kier molecular flexibility index (Phi) is 8.19. The molecule has 0 amide bonds. The van der Waals surface area contributed by atoms with E-state index in [9.17, 15) is 17.6 Å². The molecule has 8 heteroatoms. The van der Waals surface area contributed by atoms with Crippen molar-refractivity contribution in [3.05, 3.63) is 88.6 Å². The molecule has 1 fully saturated rings. The van der Waals surface area contributed by atoms with Crippen LogP contribution < -0.4 is 0 Å². The number of fused-ring (bicyclic) bond motifs is 1. The van der Waals surface area contributed by atoms with Crippen molar-refractivity contribution in [3.63, 3.8) is 0 Å². The van der Waals surface area contributed by atoms with E-state index >= 15 is 0 Å². The van der Waals surface area contributed by atoms with Gasteiger partial charge < -0.3 is 9.64 Å². The largest absolute Gasteiger partial charge is 0.369 e. The van der Waals surface area contributed by atoms with E-state index in [-0.39, 0.29) is 23.6 Å². The number of piperidine rings is 1. The van der Waals surface area contributed by atoms with Crippen LogP contribution in [0.2, 0.25) is 0 Å². The molecule has 2 unspecified atom stereocenters. The van der Waals surface area contributed by atoms with Crippen LogP contribution in [0.4, 0.5) is 4.39 Å². The highest BCUT2D eigenvalue weighted by Gasteiger charge is 2.40. The van der Waals surface area contributed by atoms with Crippen LogP contribution >= 0.6 is 11.3 Å². The van der Waals surface area contributed by atoms with Gasteiger partial charge in [-0.05, 0) is 93.0 Å². The molecule has 1 saturated heterocycles. The molecular formula is C29H32FNO4S2. The van der Waals surface area contributed by atoms with Gasteiger partial charge in [0.1, 0.15) is 10.0 Å². The lowest BCUT2D eigenvalue weighted by Gasteiger charge is -2.32. The van der Waals surface area contributed by atoms with Gasteiger partial charge in [0.15, 0.2) is 15.6 Å². The zero-order chi connectivity index (χ0) is 25.8. The molecule has 0 radical (unpaired) electrons. The highest BCUT2D eigenvalue weighted by molar-refractivity contribution is 7.94. The second-order valence-electron chi connectivity index (χ2n) is 9.98. The Morgan fingerprint density at radius 3 is 2.49 bits per heavy atom. The Morgan fingerprint density at radius 2 is 1.76 bits per heavy atom. The van der Waals surface area contributed by atoms with Gasteiger partial charge in [0.05, 0.1) is 18.0 Å². The molecule has 0 bridgehead atoms. The fourth-order valence-electron chi connectivity index (χ4n) is 5.43. The van der Waals surface area contributed by atoms with Crippen LogP contribution in [0, 0.1) is 11.7 Å². The second kappa shape index (κ2) is 11.6. The Morgan fingerprint density at radius 1 is 1.03 bits per heavy atom. The Labute approximate surface area is 222 Å². The fraction of sp³-hybridized carbons (Fsp3) is 0.414. The van der Waals surface area contributed by atoms with Gasteiger partial charge >= 0.3 is 0 Å². The minimum absolute atomic E-state index is 0.0415. The van der Waals surface area contributed by atoms with Crippen LogP contribution in [0.25, 0.3) is 0 Å². The molecule has 2 aliphatic heterocycles. The summed E-state index contributed by atoms with van der Waals surface area (Å²) in [6, 6.07) is 17.6. The van der Waals surface area contributed by atoms with Gasteiger partial charge in [-0.3, -0.25) is 4.79 Å². The summed E-state index contributed by atoms with van der Waals surface area (Å²) in [7, 11) is -3.36. The first-order valence-electron chi connectivity index (χ1n) is 12.9. The lowest BCUT2D eigenvalue weighted by molar-refractivity contribution is 0.0294. The molecule has 1 aromatic heterocycles. The maximum atomic E-state index is 13.3. The van der Waals surface area contributed by atoms with Crippen LogP contribution in [0.1, 0.15) is 59.7 Å². The summed E-state index contributed by atoms with van der Waals surface area (Å²) in [6.45, 7) is 2.90. The average molecular weight is 542 g/mol. The number of carbonyl (C=O) groups is 1. The number of nitrogens with zero attached hydrogens (tertiary/aromatic N) is 1. The lowest BCUT2D eigenvalue weighted by atomic mass is 9.89. The Bertz CT molecular complexity index is 1300. The zero-order valence-electron chi connectivity index (χ0n) is 20.7. The van der Waals surface area contributed by atoms with Gasteiger partial charge in [0.25, 0.3) is 0 Å². The molecule has 0 spiro atoms. The second-order valence-corrected chi connectivity index (χ2v) is 13.3. The third-order valence-electron chi connectivity index (χ3n) is 7.56. The number of hydrogen-bond acceptors (Lipinski definition) is 6. The summed E-state index contributed by atoms with van der Waals surface area (Å²) in [5.74, 6) is -0.294. The van der Waals surface area contributed by atoms with E-state index in [0.29, 0.717) is 29.2 Å². The smallest absolute Gasteiger partial charge is 0.191 e. The summed E-state index contributed by atoms with van der Waals surface area (Å²) in [5.41, 5.74) is 2.44. The normalized spacial score (nSPS) is 22.0. The SMILES string of the molecule is O=C(c1ccc(F)cc1)C1CCN(CCCC2CC(OCc3ccccc3)c3ccsc3S2(=O)=O)CC1. The van der Waals surface area contributed by atoms with Crippen molar-refractivity contribution < 1.29 is 22.3 Å². The number of hydrogen-bond donors (Lipinski definition) is 0. The average Bonchev–Trinajstić information content (AvgIpc) is 3.42. The van der Waals surface area contributed by atoms with E-state index in [1.54, 1.807) is 12.1 Å². The van der Waals surface area contributed by atoms with E-state index in [0.717, 1.165) is 50.0 Å². The van der Waals surface area contributed by atoms with Crippen molar-refractivity contribution in [3.8, 4) is 0 Å². The number of carbonyl (C=O) groups excluding carboxylic acids is 1. The van der Waals surface area contributed by atoms with E-state index < -0.39 is 15.1 Å². The Balaban J connectivity index is 1.13. The topological polar surface area (TPSA) is 63.7 Å². The zero-order valence-corrected chi connectivity index (χ0v) is 22.4. The number of halogens is 1. The van der Waals surface area contributed by atoms with Crippen LogP contribution in [-0.2, 0) is 21.2 Å². The first-order valence-corrected chi connectivity index (χ1v) is 15.3. The van der Waals surface area contributed by atoms with Gasteiger partial charge in [-0.25, -0.2) is 12.8 Å². The minimum atomic E-state index is -3.36. The number of likely N-dealkylation sites (tertiary alicyclic amines) is 1. The van der Waals surface area contributed by atoms with Crippen LogP contribution in [-0.4, -0.2) is 44.0 Å². The summed E-state index contributed by atoms with van der Waals surface area (Å²) >= 11 is 1.29. The number of ether oxygens (including phenoxy) is 1. The maximum absolute atomic E-state index is 13.3. The molecule has 5 rings (SSSR count). The lowest BCUT2D eigenvalue weighted by Crippen LogP contribution is -2.37. The molecule has 196 valence electrons. The van der Waals surface area contributed by atoms with Crippen molar-refractivity contribution in [2.45, 2.75) is 54.3 Å². The van der Waals surface area contributed by atoms with E-state index in [2.05, 4.69) is 4.90 Å². The number of sulfone groups is 1. The van der Waals surface area contributed by atoms with Crippen molar-refractivity contribution in [2.75, 3.05) is 19.6 Å². The molecule has 0 saturated carbocycles. The van der Waals surface area contributed by atoms with E-state index in [1.165, 1.54) is 23.5 Å². The molecule has 2 atom stereocenters. The standard InChI is InChI=1S/C29H32FNO4S2/c30-24-10-8-22(9-11-24)28(32)23-12-16-31(17-13-23)15-4-7-25-19-27(35-20-21-5-2-1-3-6-21)26-14-18-36-29(26)37(25,33)34/h1-3,5-6,8-11,14,18,23,25,27H,4,7,12-13,15-17,19-20H2. The molecular weight excluding hydrogens is 509 g/mol. The van der Waals surface area contributed by atoms with Crippen molar-refractivity contribution in [1.82, 2.24) is 4.90 Å². The molecule has 0 N–H and O–H groups in total. The van der Waals surface area contributed by atoms with Crippen molar-refractivity contribution >= 4 is 27.0 Å². The highest BCUT2D eigenvalue weighted by Crippen LogP contribution is 2.43. The third-order valence-corrected chi connectivity index (χ3v) is 11.3. The van der Waals surface area contributed by atoms with Gasteiger partial charge in [-0.2, -0.15) is 0 Å². The summed E-state index contributed by atoms with van der Waals surface area (Å²) in [5, 5.41) is 1.40. The van der Waals surface area contributed by atoms with Crippen LogP contribution in [0.5, 0.6) is 0 Å². The molecule has 2 aromatic carbocycles. The van der Waals surface area contributed by atoms with Crippen LogP contribution in [0.15, 0.2) is 70.3 Å². The predicted octanol–water partition coefficient (Wildman–Crippen LogP) is 6.07. The molecule has 5 nitrogen and oxygen atoms in total. The quantitative estimate of drug-likeness (QED) is 0.308. The number of rotatable bonds is 9. The monoisotopic (exact) mass is 541 g/mol. The number of benzene rings is 2. The fourth-order valence-corrected chi connectivity index (χ4v) is 8.95. The summed E-state index contributed by atoms with van der Waals surface area (Å²) in [4.78, 5) is 15.1. The van der Waals surface area contributed by atoms with Crippen molar-refractivity contribution in [1.29, 1.82) is 0 Å². The van der Waals surface area contributed by atoms with Crippen molar-refractivity contribution in [2.24, 2.45) is 5.92 Å². The van der Waals surface area contributed by atoms with E-state index in [4.69, 9.17) is 4.74 Å². The molecule has 37 heavy (non-hydrogen) atoms. The first kappa shape index (κ1) is 26.2. The van der Waals surface area contributed by atoms with Gasteiger partial charge in [-0.15, -0.1) is 11.3 Å². The minimum Gasteiger partial charge on any atom is -0.369 e. The summed E-state index contributed by atoms with van der Waals surface area (Å²) < 4.78 is 46.5. The van der Waals surface area contributed by atoms with E-state index in [1.807, 2.05) is 41.8 Å². The third kappa shape index (κ3) is 6.03.